The third-order valence-corrected chi connectivity index (χ3v) is 5.38. The van der Waals surface area contributed by atoms with E-state index in [4.69, 9.17) is 4.74 Å². The number of piperazine rings is 3. The molecule has 3 saturated heterocycles. The highest BCUT2D eigenvalue weighted by Crippen LogP contribution is 2.15. The molecule has 8 heteroatoms. The van der Waals surface area contributed by atoms with E-state index in [1.807, 2.05) is 24.3 Å². The summed E-state index contributed by atoms with van der Waals surface area (Å²) >= 11 is 0. The Morgan fingerprint density at radius 2 is 1.89 bits per heavy atom. The molecule has 1 aromatic rings. The molecule has 8 nitrogen and oxygen atoms in total. The predicted octanol–water partition coefficient (Wildman–Crippen LogP) is -0.182. The second kappa shape index (κ2) is 9.75. The van der Waals surface area contributed by atoms with Crippen molar-refractivity contribution in [3.63, 3.8) is 0 Å². The average molecular weight is 389 g/mol. The van der Waals surface area contributed by atoms with Gasteiger partial charge in [-0.05, 0) is 17.7 Å². The van der Waals surface area contributed by atoms with E-state index in [0.717, 1.165) is 37.5 Å². The highest BCUT2D eigenvalue weighted by atomic mass is 16.5. The molecule has 2 bridgehead atoms. The van der Waals surface area contributed by atoms with Crippen LogP contribution in [-0.4, -0.2) is 99.6 Å². The number of aliphatic imine (C=N–C) groups is 1. The number of carbonyl (C=O) groups excluding carboxylic acids is 1. The molecule has 1 amide bonds. The van der Waals surface area contributed by atoms with Gasteiger partial charge in [-0.3, -0.25) is 14.6 Å². The number of fused-ring (bicyclic) bond motifs is 3. The maximum absolute atomic E-state index is 12.0. The summed E-state index contributed by atoms with van der Waals surface area (Å²) in [6.45, 7) is 7.29. The maximum Gasteiger partial charge on any atom is 0.241 e. The molecule has 4 rings (SSSR count). The Hall–Kier alpha value is -2.32. The molecule has 3 aliphatic rings. The number of hydrogen-bond acceptors (Lipinski definition) is 5. The van der Waals surface area contributed by atoms with Crippen molar-refractivity contribution in [3.05, 3.63) is 29.8 Å². The molecule has 1 unspecified atom stereocenters. The molecule has 3 heterocycles. The predicted molar refractivity (Wildman–Crippen MR) is 111 cm³/mol. The van der Waals surface area contributed by atoms with Gasteiger partial charge >= 0.3 is 0 Å². The zero-order chi connectivity index (χ0) is 19.9. The van der Waals surface area contributed by atoms with Crippen molar-refractivity contribution in [2.75, 3.05) is 67.0 Å². The van der Waals surface area contributed by atoms with Crippen molar-refractivity contribution in [2.45, 2.75) is 12.6 Å². The number of carbonyl (C=O) groups is 1. The number of rotatable bonds is 7. The minimum absolute atomic E-state index is 0.0190. The van der Waals surface area contributed by atoms with Gasteiger partial charge < -0.3 is 20.3 Å². The minimum Gasteiger partial charge on any atom is -0.497 e. The van der Waals surface area contributed by atoms with Crippen molar-refractivity contribution >= 4 is 11.9 Å². The van der Waals surface area contributed by atoms with Crippen LogP contribution >= 0.6 is 0 Å². The first kappa shape index (κ1) is 20.4. The zero-order valence-corrected chi connectivity index (χ0v) is 17.1. The van der Waals surface area contributed by atoms with Crippen molar-refractivity contribution in [2.24, 2.45) is 4.99 Å². The third-order valence-electron chi connectivity index (χ3n) is 5.38. The standard InChI is InChI=1S/C20H32N6O2/c1-24(2)19(27)14-23-20(21-12-16-4-6-18(28-3)7-5-16)22-13-17-15-25-8-10-26(17)11-9-25/h4-7,17H,8-15H2,1-3H3,(H2,21,22,23). The Balaban J connectivity index is 1.59. The van der Waals surface area contributed by atoms with Crippen LogP contribution in [0.4, 0.5) is 0 Å². The summed E-state index contributed by atoms with van der Waals surface area (Å²) in [6, 6.07) is 8.36. The lowest BCUT2D eigenvalue weighted by Crippen LogP contribution is -2.64. The molecule has 0 saturated carbocycles. The van der Waals surface area contributed by atoms with E-state index in [0.29, 0.717) is 18.5 Å². The van der Waals surface area contributed by atoms with Crippen LogP contribution in [0.5, 0.6) is 5.75 Å². The summed E-state index contributed by atoms with van der Waals surface area (Å²) in [4.78, 5) is 23.3. The number of hydrogen-bond donors (Lipinski definition) is 2. The van der Waals surface area contributed by atoms with Crippen LogP contribution in [-0.2, 0) is 11.3 Å². The lowest BCUT2D eigenvalue weighted by molar-refractivity contribution is -0.127. The summed E-state index contributed by atoms with van der Waals surface area (Å²) in [5, 5.41) is 6.60. The topological polar surface area (TPSA) is 72.4 Å². The van der Waals surface area contributed by atoms with Gasteiger partial charge in [0.25, 0.3) is 0 Å². The number of ether oxygens (including phenoxy) is 1. The summed E-state index contributed by atoms with van der Waals surface area (Å²) in [5.41, 5.74) is 1.09. The Morgan fingerprint density at radius 1 is 1.18 bits per heavy atom. The lowest BCUT2D eigenvalue weighted by atomic mass is 10.1. The van der Waals surface area contributed by atoms with Gasteiger partial charge in [0.05, 0.1) is 20.2 Å². The normalized spacial score (nSPS) is 24.0. The maximum atomic E-state index is 12.0. The van der Waals surface area contributed by atoms with Crippen LogP contribution in [0.2, 0.25) is 0 Å². The summed E-state index contributed by atoms with van der Waals surface area (Å²) in [5.74, 6) is 1.52. The number of likely N-dealkylation sites (N-methyl/N-ethyl adjacent to an activating group) is 1. The number of benzene rings is 1. The molecule has 0 radical (unpaired) electrons. The van der Waals surface area contributed by atoms with Gasteiger partial charge in [-0.25, -0.2) is 4.99 Å². The molecule has 3 aliphatic heterocycles. The fraction of sp³-hybridized carbons (Fsp3) is 0.600. The van der Waals surface area contributed by atoms with Crippen LogP contribution in [0, 0.1) is 0 Å². The SMILES string of the molecule is COc1ccc(CN=C(NCC(=O)N(C)C)NCC2CN3CCN2CC3)cc1. The van der Waals surface area contributed by atoms with E-state index in [1.54, 1.807) is 26.1 Å². The van der Waals surface area contributed by atoms with Gasteiger partial charge in [0.2, 0.25) is 5.91 Å². The van der Waals surface area contributed by atoms with Gasteiger partial charge in [0.15, 0.2) is 5.96 Å². The van der Waals surface area contributed by atoms with Crippen molar-refractivity contribution in [1.82, 2.24) is 25.3 Å². The molecule has 0 spiro atoms. The highest BCUT2D eigenvalue weighted by molar-refractivity contribution is 5.86. The first-order valence-electron chi connectivity index (χ1n) is 9.87. The van der Waals surface area contributed by atoms with E-state index < -0.39 is 0 Å². The fourth-order valence-corrected chi connectivity index (χ4v) is 3.53. The van der Waals surface area contributed by atoms with E-state index in [-0.39, 0.29) is 12.5 Å². The smallest absolute Gasteiger partial charge is 0.241 e. The quantitative estimate of drug-likeness (QED) is 0.499. The van der Waals surface area contributed by atoms with Crippen molar-refractivity contribution < 1.29 is 9.53 Å². The molecule has 154 valence electrons. The molecular formula is C20H32N6O2. The van der Waals surface area contributed by atoms with Gasteiger partial charge in [-0.2, -0.15) is 0 Å². The fourth-order valence-electron chi connectivity index (χ4n) is 3.53. The second-order valence-electron chi connectivity index (χ2n) is 7.53. The third kappa shape index (κ3) is 5.59. The number of methoxy groups -OCH3 is 1. The lowest BCUT2D eigenvalue weighted by Gasteiger charge is -2.47. The zero-order valence-electron chi connectivity index (χ0n) is 17.1. The van der Waals surface area contributed by atoms with Crippen LogP contribution in [0.1, 0.15) is 5.56 Å². The molecular weight excluding hydrogens is 356 g/mol. The number of nitrogens with one attached hydrogen (secondary N) is 2. The Morgan fingerprint density at radius 3 is 2.46 bits per heavy atom. The molecule has 3 fully saturated rings. The molecule has 1 aromatic carbocycles. The van der Waals surface area contributed by atoms with Crippen LogP contribution in [0.15, 0.2) is 29.3 Å². The summed E-state index contributed by atoms with van der Waals surface area (Å²) in [6.07, 6.45) is 0. The molecule has 0 aliphatic carbocycles. The highest BCUT2D eigenvalue weighted by Gasteiger charge is 2.31. The van der Waals surface area contributed by atoms with E-state index >= 15 is 0 Å². The van der Waals surface area contributed by atoms with Crippen molar-refractivity contribution in [3.8, 4) is 5.75 Å². The van der Waals surface area contributed by atoms with Crippen molar-refractivity contribution in [1.29, 1.82) is 0 Å². The summed E-state index contributed by atoms with van der Waals surface area (Å²) < 4.78 is 5.20. The molecule has 1 atom stereocenters. The Bertz CT molecular complexity index is 668. The average Bonchev–Trinajstić information content (AvgIpc) is 2.74. The molecule has 2 N–H and O–H groups in total. The molecule has 28 heavy (non-hydrogen) atoms. The number of guanidine groups is 1. The van der Waals surface area contributed by atoms with Crippen LogP contribution in [0.3, 0.4) is 0 Å². The number of amides is 1. The first-order valence-corrected chi connectivity index (χ1v) is 9.87. The van der Waals surface area contributed by atoms with E-state index in [2.05, 4.69) is 25.4 Å². The second-order valence-corrected chi connectivity index (χ2v) is 7.53. The number of nitrogens with zero attached hydrogens (tertiary/aromatic N) is 4. The Kier molecular flexibility index (Phi) is 7.11. The van der Waals surface area contributed by atoms with Gasteiger partial charge in [-0.15, -0.1) is 0 Å². The Labute approximate surface area is 167 Å². The summed E-state index contributed by atoms with van der Waals surface area (Å²) in [7, 11) is 5.17. The van der Waals surface area contributed by atoms with Gasteiger partial charge in [0, 0.05) is 59.4 Å². The van der Waals surface area contributed by atoms with E-state index in [9.17, 15) is 4.79 Å². The van der Waals surface area contributed by atoms with Gasteiger partial charge in [-0.1, -0.05) is 12.1 Å². The largest absolute Gasteiger partial charge is 0.497 e. The van der Waals surface area contributed by atoms with Crippen LogP contribution < -0.4 is 15.4 Å². The van der Waals surface area contributed by atoms with E-state index in [1.165, 1.54) is 13.1 Å². The monoisotopic (exact) mass is 388 g/mol. The first-order chi connectivity index (χ1) is 13.5. The van der Waals surface area contributed by atoms with Gasteiger partial charge in [0.1, 0.15) is 5.75 Å². The molecule has 0 aromatic heterocycles. The minimum atomic E-state index is 0.0190. The van der Waals surface area contributed by atoms with Crippen LogP contribution in [0.25, 0.3) is 0 Å².